The zero-order valence-electron chi connectivity index (χ0n) is 12.6. The number of aromatic amines is 2. The molecular formula is C14H17N7O. The van der Waals surface area contributed by atoms with Gasteiger partial charge in [-0.2, -0.15) is 10.2 Å². The van der Waals surface area contributed by atoms with Gasteiger partial charge in [0.25, 0.3) is 5.91 Å². The zero-order valence-corrected chi connectivity index (χ0v) is 12.6. The van der Waals surface area contributed by atoms with Crippen LogP contribution in [0.5, 0.6) is 0 Å². The molecule has 0 atom stereocenters. The normalized spacial score (nSPS) is 10.9. The van der Waals surface area contributed by atoms with Gasteiger partial charge in [-0.1, -0.05) is 0 Å². The number of carbonyl (C=O) groups is 1. The van der Waals surface area contributed by atoms with Crippen molar-refractivity contribution in [3.63, 3.8) is 0 Å². The molecule has 0 saturated carbocycles. The first-order chi connectivity index (χ1) is 10.6. The van der Waals surface area contributed by atoms with Crippen molar-refractivity contribution < 1.29 is 4.79 Å². The van der Waals surface area contributed by atoms with Crippen LogP contribution in [0, 0.1) is 13.8 Å². The van der Waals surface area contributed by atoms with E-state index in [1.165, 1.54) is 0 Å². The molecule has 3 heterocycles. The first kappa shape index (κ1) is 14.1. The number of nitrogens with zero attached hydrogens (tertiary/aromatic N) is 4. The number of aryl methyl sites for hydroxylation is 2. The van der Waals surface area contributed by atoms with E-state index in [1.54, 1.807) is 18.5 Å². The Morgan fingerprint density at radius 3 is 2.86 bits per heavy atom. The number of nitrogens with one attached hydrogen (secondary N) is 3. The van der Waals surface area contributed by atoms with E-state index in [0.29, 0.717) is 17.3 Å². The van der Waals surface area contributed by atoms with Crippen LogP contribution in [0.25, 0.3) is 11.3 Å². The summed E-state index contributed by atoms with van der Waals surface area (Å²) in [7, 11) is 0. The van der Waals surface area contributed by atoms with Gasteiger partial charge in [0.05, 0.1) is 11.4 Å². The molecule has 3 aromatic rings. The third kappa shape index (κ3) is 2.39. The Kier molecular flexibility index (Phi) is 3.50. The SMILES string of the molecule is CCn1nc(C)c(-c2cc(C(=O)Nc3ncc[nH]3)[nH]n2)c1C. The summed E-state index contributed by atoms with van der Waals surface area (Å²) < 4.78 is 1.92. The molecule has 0 aliphatic rings. The van der Waals surface area contributed by atoms with Crippen molar-refractivity contribution in [1.29, 1.82) is 0 Å². The number of hydrogen-bond donors (Lipinski definition) is 3. The van der Waals surface area contributed by atoms with Gasteiger partial charge in [0.15, 0.2) is 0 Å². The number of amides is 1. The molecule has 0 aromatic carbocycles. The highest BCUT2D eigenvalue weighted by molar-refractivity contribution is 6.02. The van der Waals surface area contributed by atoms with E-state index in [2.05, 4.69) is 30.6 Å². The molecular weight excluding hydrogens is 282 g/mol. The zero-order chi connectivity index (χ0) is 15.7. The Bertz CT molecular complexity index is 797. The summed E-state index contributed by atoms with van der Waals surface area (Å²) in [4.78, 5) is 18.9. The smallest absolute Gasteiger partial charge is 0.275 e. The summed E-state index contributed by atoms with van der Waals surface area (Å²) >= 11 is 0. The van der Waals surface area contributed by atoms with Crippen LogP contribution in [0.1, 0.15) is 28.8 Å². The summed E-state index contributed by atoms with van der Waals surface area (Å²) in [6, 6.07) is 1.72. The summed E-state index contributed by atoms with van der Waals surface area (Å²) in [6.45, 7) is 6.76. The Morgan fingerprint density at radius 1 is 1.41 bits per heavy atom. The van der Waals surface area contributed by atoms with Crippen molar-refractivity contribution in [3.05, 3.63) is 35.5 Å². The van der Waals surface area contributed by atoms with Crippen LogP contribution < -0.4 is 5.32 Å². The minimum Gasteiger partial charge on any atom is -0.331 e. The summed E-state index contributed by atoms with van der Waals surface area (Å²) in [5.41, 5.74) is 3.96. The quantitative estimate of drug-likeness (QED) is 0.684. The van der Waals surface area contributed by atoms with Gasteiger partial charge in [-0.3, -0.25) is 19.9 Å². The van der Waals surface area contributed by atoms with Crippen LogP contribution in [-0.4, -0.2) is 35.9 Å². The molecule has 8 nitrogen and oxygen atoms in total. The third-order valence-corrected chi connectivity index (χ3v) is 3.49. The molecule has 0 saturated heterocycles. The topological polar surface area (TPSA) is 104 Å². The molecule has 0 aliphatic heterocycles. The molecule has 0 bridgehead atoms. The van der Waals surface area contributed by atoms with Gasteiger partial charge < -0.3 is 4.98 Å². The van der Waals surface area contributed by atoms with Gasteiger partial charge in [0, 0.05) is 30.2 Å². The van der Waals surface area contributed by atoms with E-state index in [4.69, 9.17) is 0 Å². The number of rotatable bonds is 4. The molecule has 0 spiro atoms. The molecule has 0 unspecified atom stereocenters. The summed E-state index contributed by atoms with van der Waals surface area (Å²) in [5, 5.41) is 14.1. The lowest BCUT2D eigenvalue weighted by atomic mass is 10.1. The van der Waals surface area contributed by atoms with Crippen molar-refractivity contribution in [3.8, 4) is 11.3 Å². The minimum atomic E-state index is -0.299. The van der Waals surface area contributed by atoms with Gasteiger partial charge in [-0.15, -0.1) is 0 Å². The van der Waals surface area contributed by atoms with E-state index >= 15 is 0 Å². The fourth-order valence-corrected chi connectivity index (χ4v) is 2.45. The molecule has 0 radical (unpaired) electrons. The Labute approximate surface area is 127 Å². The molecule has 8 heteroatoms. The predicted molar refractivity (Wildman–Crippen MR) is 81.5 cm³/mol. The lowest BCUT2D eigenvalue weighted by Gasteiger charge is -1.99. The van der Waals surface area contributed by atoms with E-state index in [9.17, 15) is 4.79 Å². The number of aromatic nitrogens is 6. The second-order valence-corrected chi connectivity index (χ2v) is 4.92. The van der Waals surface area contributed by atoms with E-state index in [1.807, 2.05) is 25.5 Å². The van der Waals surface area contributed by atoms with Crippen molar-refractivity contribution >= 4 is 11.9 Å². The average molecular weight is 299 g/mol. The lowest BCUT2D eigenvalue weighted by molar-refractivity contribution is 0.102. The fourth-order valence-electron chi connectivity index (χ4n) is 2.45. The maximum absolute atomic E-state index is 12.1. The van der Waals surface area contributed by atoms with Crippen molar-refractivity contribution in [2.45, 2.75) is 27.3 Å². The van der Waals surface area contributed by atoms with Gasteiger partial charge in [0.2, 0.25) is 5.95 Å². The van der Waals surface area contributed by atoms with Gasteiger partial charge in [-0.25, -0.2) is 4.98 Å². The van der Waals surface area contributed by atoms with Crippen LogP contribution in [0.2, 0.25) is 0 Å². The second kappa shape index (κ2) is 5.47. The molecule has 22 heavy (non-hydrogen) atoms. The standard InChI is InChI=1S/C14H17N7O/c1-4-21-9(3)12(8(2)20-21)10-7-11(19-18-10)13(22)17-14-15-5-6-16-14/h5-7H,4H2,1-3H3,(H,18,19)(H2,15,16,17,22). The lowest BCUT2D eigenvalue weighted by Crippen LogP contribution is -2.13. The first-order valence-electron chi connectivity index (χ1n) is 7.00. The second-order valence-electron chi connectivity index (χ2n) is 4.92. The summed E-state index contributed by atoms with van der Waals surface area (Å²) in [5.74, 6) is 0.0965. The van der Waals surface area contributed by atoms with Crippen LogP contribution in [0.3, 0.4) is 0 Å². The van der Waals surface area contributed by atoms with Crippen LogP contribution in [0.4, 0.5) is 5.95 Å². The molecule has 0 fully saturated rings. The summed E-state index contributed by atoms with van der Waals surface area (Å²) in [6.07, 6.45) is 3.21. The van der Waals surface area contributed by atoms with Gasteiger partial charge in [0.1, 0.15) is 5.69 Å². The Balaban J connectivity index is 1.88. The molecule has 114 valence electrons. The molecule has 3 rings (SSSR count). The van der Waals surface area contributed by atoms with E-state index < -0.39 is 0 Å². The number of carbonyl (C=O) groups excluding carboxylic acids is 1. The molecule has 1 amide bonds. The number of H-pyrrole nitrogens is 2. The Morgan fingerprint density at radius 2 is 2.23 bits per heavy atom. The monoisotopic (exact) mass is 299 g/mol. The third-order valence-electron chi connectivity index (χ3n) is 3.49. The minimum absolute atomic E-state index is 0.299. The highest BCUT2D eigenvalue weighted by Crippen LogP contribution is 2.25. The molecule has 3 aromatic heterocycles. The highest BCUT2D eigenvalue weighted by Gasteiger charge is 2.18. The fraction of sp³-hybridized carbons (Fsp3) is 0.286. The average Bonchev–Trinajstić information content (AvgIpc) is 3.20. The van der Waals surface area contributed by atoms with Crippen molar-refractivity contribution in [2.75, 3.05) is 5.32 Å². The van der Waals surface area contributed by atoms with E-state index in [0.717, 1.165) is 23.5 Å². The van der Waals surface area contributed by atoms with Crippen LogP contribution in [-0.2, 0) is 6.54 Å². The van der Waals surface area contributed by atoms with Gasteiger partial charge in [-0.05, 0) is 26.8 Å². The largest absolute Gasteiger partial charge is 0.331 e. The predicted octanol–water partition coefficient (Wildman–Crippen LogP) is 1.89. The van der Waals surface area contributed by atoms with Crippen LogP contribution in [0.15, 0.2) is 18.5 Å². The molecule has 3 N–H and O–H groups in total. The number of hydrogen-bond acceptors (Lipinski definition) is 4. The first-order valence-corrected chi connectivity index (χ1v) is 7.00. The number of imidazole rings is 1. The van der Waals surface area contributed by atoms with Crippen molar-refractivity contribution in [1.82, 2.24) is 29.9 Å². The van der Waals surface area contributed by atoms with E-state index in [-0.39, 0.29) is 5.91 Å². The van der Waals surface area contributed by atoms with Gasteiger partial charge >= 0.3 is 0 Å². The van der Waals surface area contributed by atoms with Crippen LogP contribution >= 0.6 is 0 Å². The highest BCUT2D eigenvalue weighted by atomic mass is 16.2. The maximum Gasteiger partial charge on any atom is 0.275 e. The van der Waals surface area contributed by atoms with Crippen molar-refractivity contribution in [2.24, 2.45) is 0 Å². The number of anilines is 1. The Hall–Kier alpha value is -2.90. The maximum atomic E-state index is 12.1. The molecule has 0 aliphatic carbocycles.